The van der Waals surface area contributed by atoms with Gasteiger partial charge in [-0.3, -0.25) is 4.99 Å². The summed E-state index contributed by atoms with van der Waals surface area (Å²) in [5, 5.41) is 10.2. The minimum Gasteiger partial charge on any atom is -0.363 e. The molecular formula is C21H30N4O2S2. The average molecular weight is 435 g/mol. The first-order valence-corrected chi connectivity index (χ1v) is 12.8. The monoisotopic (exact) mass is 434 g/mol. The van der Waals surface area contributed by atoms with Gasteiger partial charge in [0.1, 0.15) is 0 Å². The topological polar surface area (TPSA) is 73.8 Å². The Hall–Kier alpha value is -2.06. The van der Waals surface area contributed by atoms with Crippen LogP contribution < -0.4 is 15.5 Å². The summed E-state index contributed by atoms with van der Waals surface area (Å²) in [6.45, 7) is 2.65. The molecule has 158 valence electrons. The number of sulfone groups is 1. The second-order valence-corrected chi connectivity index (χ2v) is 10.4. The first kappa shape index (κ1) is 21.6. The molecule has 1 fully saturated rings. The Kier molecular flexibility index (Phi) is 7.94. The van der Waals surface area contributed by atoms with E-state index in [1.54, 1.807) is 18.4 Å². The highest BCUT2D eigenvalue weighted by molar-refractivity contribution is 7.90. The Bertz CT molecular complexity index is 859. The highest BCUT2D eigenvalue weighted by Gasteiger charge is 2.20. The number of hydrogen-bond donors (Lipinski definition) is 2. The van der Waals surface area contributed by atoms with Crippen molar-refractivity contribution in [3.8, 4) is 0 Å². The van der Waals surface area contributed by atoms with Crippen LogP contribution in [0.1, 0.15) is 24.8 Å². The van der Waals surface area contributed by atoms with E-state index >= 15 is 0 Å². The van der Waals surface area contributed by atoms with Crippen LogP contribution in [0.25, 0.3) is 0 Å². The van der Waals surface area contributed by atoms with Crippen molar-refractivity contribution in [3.63, 3.8) is 0 Å². The lowest BCUT2D eigenvalue weighted by Crippen LogP contribution is -2.48. The Labute approximate surface area is 178 Å². The quantitative estimate of drug-likeness (QED) is 0.380. The van der Waals surface area contributed by atoms with E-state index in [4.69, 9.17) is 0 Å². The van der Waals surface area contributed by atoms with Crippen molar-refractivity contribution in [2.24, 2.45) is 4.99 Å². The number of hydrogen-bond acceptors (Lipinski definition) is 5. The van der Waals surface area contributed by atoms with Crippen LogP contribution in [0.4, 0.5) is 5.00 Å². The van der Waals surface area contributed by atoms with Gasteiger partial charge in [0.05, 0.1) is 16.5 Å². The number of thiophene rings is 1. The molecule has 2 aromatic rings. The molecule has 3 rings (SSSR count). The second kappa shape index (κ2) is 10.6. The zero-order valence-corrected chi connectivity index (χ0v) is 18.5. The minimum atomic E-state index is -3.10. The fourth-order valence-corrected chi connectivity index (χ4v) is 5.70. The lowest BCUT2D eigenvalue weighted by molar-refractivity contribution is 0.463. The van der Waals surface area contributed by atoms with Crippen molar-refractivity contribution in [2.75, 3.05) is 37.3 Å². The molecule has 0 aliphatic carbocycles. The number of nitrogens with zero attached hydrogens (tertiary/aromatic N) is 2. The zero-order chi connectivity index (χ0) is 20.5. The van der Waals surface area contributed by atoms with Crippen molar-refractivity contribution in [1.29, 1.82) is 0 Å². The van der Waals surface area contributed by atoms with Crippen LogP contribution in [0.3, 0.4) is 0 Å². The Morgan fingerprint density at radius 2 is 1.93 bits per heavy atom. The van der Waals surface area contributed by atoms with E-state index in [1.165, 1.54) is 5.00 Å². The molecule has 0 atom stereocenters. The summed E-state index contributed by atoms with van der Waals surface area (Å²) in [4.78, 5) is 6.71. The van der Waals surface area contributed by atoms with E-state index in [-0.39, 0.29) is 11.5 Å². The number of anilines is 1. The second-order valence-electron chi connectivity index (χ2n) is 7.29. The molecule has 0 saturated carbocycles. The molecule has 1 saturated heterocycles. The molecule has 2 N–H and O–H groups in total. The first-order valence-electron chi connectivity index (χ1n) is 10.1. The normalized spacial score (nSPS) is 16.0. The van der Waals surface area contributed by atoms with Gasteiger partial charge in [0.25, 0.3) is 0 Å². The molecule has 0 spiro atoms. The molecule has 0 radical (unpaired) electrons. The van der Waals surface area contributed by atoms with Crippen molar-refractivity contribution in [3.05, 3.63) is 53.4 Å². The van der Waals surface area contributed by atoms with Gasteiger partial charge in [0.2, 0.25) is 0 Å². The summed E-state index contributed by atoms with van der Waals surface area (Å²) < 4.78 is 24.6. The van der Waals surface area contributed by atoms with Crippen molar-refractivity contribution in [1.82, 2.24) is 10.6 Å². The number of guanidine groups is 1. The van der Waals surface area contributed by atoms with Crippen LogP contribution >= 0.6 is 11.3 Å². The summed E-state index contributed by atoms with van der Waals surface area (Å²) in [5.74, 6) is 1.02. The third kappa shape index (κ3) is 7.04. The van der Waals surface area contributed by atoms with Crippen molar-refractivity contribution in [2.45, 2.75) is 31.1 Å². The molecular weight excluding hydrogens is 404 g/mol. The van der Waals surface area contributed by atoms with Crippen LogP contribution in [0.15, 0.2) is 52.8 Å². The number of aliphatic imine (C=N–C) groups is 1. The maximum Gasteiger partial charge on any atom is 0.191 e. The van der Waals surface area contributed by atoms with Gasteiger partial charge >= 0.3 is 0 Å². The van der Waals surface area contributed by atoms with Crippen LogP contribution in [-0.2, 0) is 15.6 Å². The van der Waals surface area contributed by atoms with Gasteiger partial charge in [-0.05, 0) is 42.3 Å². The Morgan fingerprint density at radius 3 is 2.59 bits per heavy atom. The molecule has 1 aromatic carbocycles. The largest absolute Gasteiger partial charge is 0.363 e. The molecule has 1 aliphatic heterocycles. The number of rotatable bonds is 8. The van der Waals surface area contributed by atoms with Gasteiger partial charge in [-0.25, -0.2) is 8.42 Å². The molecule has 6 nitrogen and oxygen atoms in total. The van der Waals surface area contributed by atoms with E-state index in [1.807, 2.05) is 30.3 Å². The molecule has 2 heterocycles. The summed E-state index contributed by atoms with van der Waals surface area (Å²) in [5.41, 5.74) is 0.840. The van der Waals surface area contributed by atoms with Gasteiger partial charge in [0.15, 0.2) is 15.8 Å². The molecule has 0 unspecified atom stereocenters. The molecule has 0 amide bonds. The average Bonchev–Trinajstić information content (AvgIpc) is 3.26. The van der Waals surface area contributed by atoms with E-state index in [0.717, 1.165) is 37.5 Å². The molecule has 1 aliphatic rings. The predicted octanol–water partition coefficient (Wildman–Crippen LogP) is 2.89. The lowest BCUT2D eigenvalue weighted by Gasteiger charge is -2.33. The van der Waals surface area contributed by atoms with E-state index in [2.05, 4.69) is 38.0 Å². The molecule has 1 aromatic heterocycles. The fraction of sp³-hybridized carbons (Fsp3) is 0.476. The predicted molar refractivity (Wildman–Crippen MR) is 123 cm³/mol. The molecule has 29 heavy (non-hydrogen) atoms. The third-order valence-corrected chi connectivity index (χ3v) is 7.64. The summed E-state index contributed by atoms with van der Waals surface area (Å²) >= 11 is 1.79. The van der Waals surface area contributed by atoms with Crippen molar-refractivity contribution < 1.29 is 8.42 Å². The molecule has 8 heteroatoms. The highest BCUT2D eigenvalue weighted by Crippen LogP contribution is 2.24. The summed E-state index contributed by atoms with van der Waals surface area (Å²) in [6, 6.07) is 14.0. The number of piperidine rings is 1. The smallest absolute Gasteiger partial charge is 0.191 e. The van der Waals surface area contributed by atoms with Gasteiger partial charge in [-0.15, -0.1) is 11.3 Å². The Balaban J connectivity index is 1.35. The van der Waals surface area contributed by atoms with Gasteiger partial charge in [-0.1, -0.05) is 30.3 Å². The highest BCUT2D eigenvalue weighted by atomic mass is 32.2. The van der Waals surface area contributed by atoms with E-state index < -0.39 is 9.84 Å². The van der Waals surface area contributed by atoms with Gasteiger partial charge in [-0.2, -0.15) is 0 Å². The fourth-order valence-electron chi connectivity index (χ4n) is 3.48. The molecule has 0 bridgehead atoms. The van der Waals surface area contributed by atoms with Crippen LogP contribution in [0, 0.1) is 0 Å². The number of benzene rings is 1. The Morgan fingerprint density at radius 1 is 1.17 bits per heavy atom. The third-order valence-electron chi connectivity index (χ3n) is 5.03. The first-order chi connectivity index (χ1) is 14.1. The zero-order valence-electron chi connectivity index (χ0n) is 16.9. The van der Waals surface area contributed by atoms with Crippen molar-refractivity contribution >= 4 is 32.1 Å². The van der Waals surface area contributed by atoms with Gasteiger partial charge in [0, 0.05) is 32.7 Å². The summed E-state index contributed by atoms with van der Waals surface area (Å²) in [6.07, 6.45) is 2.68. The van der Waals surface area contributed by atoms with Crippen LogP contribution in [-0.4, -0.2) is 52.9 Å². The summed E-state index contributed by atoms with van der Waals surface area (Å²) in [7, 11) is -1.35. The van der Waals surface area contributed by atoms with E-state index in [0.29, 0.717) is 19.0 Å². The maximum absolute atomic E-state index is 12.3. The lowest BCUT2D eigenvalue weighted by atomic mass is 10.1. The maximum atomic E-state index is 12.3. The van der Waals surface area contributed by atoms with E-state index in [9.17, 15) is 8.42 Å². The van der Waals surface area contributed by atoms with Crippen LogP contribution in [0.5, 0.6) is 0 Å². The standard InChI is InChI=1S/C21H30N4O2S2/c1-22-21(24-19-10-13-25(14-11-19)20-9-5-15-28-20)23-12-6-16-29(26,27)17-18-7-3-2-4-8-18/h2-5,7-9,15,19H,6,10-14,16-17H2,1H3,(H2,22,23,24). The number of nitrogens with one attached hydrogen (secondary N) is 2. The van der Waals surface area contributed by atoms with Gasteiger partial charge < -0.3 is 15.5 Å². The SMILES string of the molecule is CN=C(NCCCS(=O)(=O)Cc1ccccc1)NC1CCN(c2cccs2)CC1. The van der Waals surface area contributed by atoms with Crippen LogP contribution in [0.2, 0.25) is 0 Å². The minimum absolute atomic E-state index is 0.101.